The Labute approximate surface area is 146 Å². The normalized spacial score (nSPS) is 13.3. The molecule has 7 heteroatoms. The number of nitrogens with zero attached hydrogens (tertiary/aromatic N) is 3. The van der Waals surface area contributed by atoms with Gasteiger partial charge in [0.25, 0.3) is 0 Å². The molecule has 4 aromatic rings. The van der Waals surface area contributed by atoms with Gasteiger partial charge in [0.2, 0.25) is 4.77 Å². The van der Waals surface area contributed by atoms with Crippen LogP contribution in [0.2, 0.25) is 0 Å². The van der Waals surface area contributed by atoms with Crippen molar-refractivity contribution in [2.24, 2.45) is 0 Å². The van der Waals surface area contributed by atoms with Crippen LogP contribution in [0.4, 0.5) is 0 Å². The molecule has 0 saturated heterocycles. The average Bonchev–Trinajstić information content (AvgIpc) is 3.01. The summed E-state index contributed by atoms with van der Waals surface area (Å²) in [6.45, 7) is 1.79. The second-order valence-electron chi connectivity index (χ2n) is 5.93. The molecule has 0 unspecified atom stereocenters. The molecule has 0 spiro atoms. The molecule has 6 nitrogen and oxygen atoms in total. The summed E-state index contributed by atoms with van der Waals surface area (Å²) in [5.41, 5.74) is 2.62. The maximum Gasteiger partial charge on any atom is 0.201 e. The smallest absolute Gasteiger partial charge is 0.201 e. The lowest BCUT2D eigenvalue weighted by atomic mass is 9.83. The van der Waals surface area contributed by atoms with E-state index in [0.29, 0.717) is 49.4 Å². The summed E-state index contributed by atoms with van der Waals surface area (Å²) in [5, 5.41) is 7.68. The Bertz CT molecular complexity index is 1320. The van der Waals surface area contributed by atoms with Gasteiger partial charge in [-0.05, 0) is 31.3 Å². The Balaban J connectivity index is 1.97. The van der Waals surface area contributed by atoms with Crippen LogP contribution in [-0.2, 0) is 0 Å². The van der Waals surface area contributed by atoms with E-state index in [1.165, 1.54) is 0 Å². The fourth-order valence-corrected chi connectivity index (χ4v) is 3.72. The molecule has 0 fully saturated rings. The van der Waals surface area contributed by atoms with Crippen molar-refractivity contribution in [1.82, 2.24) is 19.6 Å². The van der Waals surface area contributed by atoms with Crippen LogP contribution in [0.3, 0.4) is 0 Å². The number of fused-ring (bicyclic) bond motifs is 6. The minimum Gasteiger partial charge on any atom is -0.289 e. The molecule has 0 bridgehead atoms. The standard InChI is InChI=1S/C18H10N4O2S/c1-8-19-14-12(17-20-21-18(25)22(8)17)7-6-11-13(14)16(24)10-5-3-2-4-9(10)15(11)23/h2-7H,1H3,(H,21,25). The van der Waals surface area contributed by atoms with Gasteiger partial charge in [-0.25, -0.2) is 4.98 Å². The van der Waals surface area contributed by atoms with Crippen molar-refractivity contribution >= 4 is 40.3 Å². The second-order valence-corrected chi connectivity index (χ2v) is 6.32. The molecule has 25 heavy (non-hydrogen) atoms. The number of ketones is 2. The van der Waals surface area contributed by atoms with Crippen LogP contribution < -0.4 is 0 Å². The molecular formula is C18H10N4O2S. The molecule has 2 aromatic carbocycles. The first-order valence-electron chi connectivity index (χ1n) is 7.67. The van der Waals surface area contributed by atoms with Crippen molar-refractivity contribution in [3.63, 3.8) is 0 Å². The summed E-state index contributed by atoms with van der Waals surface area (Å²) in [4.78, 5) is 30.5. The monoisotopic (exact) mass is 346 g/mol. The van der Waals surface area contributed by atoms with E-state index in [1.54, 1.807) is 47.7 Å². The van der Waals surface area contributed by atoms with E-state index >= 15 is 0 Å². The number of hydrogen-bond donors (Lipinski definition) is 1. The van der Waals surface area contributed by atoms with E-state index in [-0.39, 0.29) is 11.6 Å². The maximum absolute atomic E-state index is 13.1. The van der Waals surface area contributed by atoms with Gasteiger partial charge < -0.3 is 0 Å². The predicted octanol–water partition coefficient (Wildman–Crippen LogP) is 3.02. The molecule has 0 amide bonds. The Morgan fingerprint density at radius 2 is 1.72 bits per heavy atom. The number of nitrogens with one attached hydrogen (secondary N) is 1. The Kier molecular flexibility index (Phi) is 2.65. The number of carbonyl (C=O) groups is 2. The summed E-state index contributed by atoms with van der Waals surface area (Å²) < 4.78 is 2.15. The molecule has 0 radical (unpaired) electrons. The first-order chi connectivity index (χ1) is 12.1. The van der Waals surface area contributed by atoms with Crippen molar-refractivity contribution < 1.29 is 9.59 Å². The van der Waals surface area contributed by atoms with Crippen LogP contribution >= 0.6 is 12.2 Å². The molecular weight excluding hydrogens is 336 g/mol. The van der Waals surface area contributed by atoms with Gasteiger partial charge >= 0.3 is 0 Å². The van der Waals surface area contributed by atoms with E-state index in [0.717, 1.165) is 0 Å². The molecule has 5 rings (SSSR count). The summed E-state index contributed by atoms with van der Waals surface area (Å²) in [6, 6.07) is 10.3. The lowest BCUT2D eigenvalue weighted by molar-refractivity contribution is 0.0980. The van der Waals surface area contributed by atoms with Crippen molar-refractivity contribution in [3.8, 4) is 0 Å². The van der Waals surface area contributed by atoms with Crippen LogP contribution in [0.15, 0.2) is 36.4 Å². The molecule has 1 aliphatic carbocycles. The predicted molar refractivity (Wildman–Crippen MR) is 93.7 cm³/mol. The second kappa shape index (κ2) is 4.67. The van der Waals surface area contributed by atoms with E-state index in [1.807, 2.05) is 0 Å². The highest BCUT2D eigenvalue weighted by atomic mass is 32.1. The number of aromatic amines is 1. The van der Waals surface area contributed by atoms with Crippen molar-refractivity contribution in [1.29, 1.82) is 0 Å². The minimum absolute atomic E-state index is 0.162. The number of aromatic nitrogens is 4. The van der Waals surface area contributed by atoms with Gasteiger partial charge in [0.05, 0.1) is 11.1 Å². The number of H-pyrrole nitrogens is 1. The van der Waals surface area contributed by atoms with Gasteiger partial charge in [0.15, 0.2) is 17.2 Å². The van der Waals surface area contributed by atoms with Crippen molar-refractivity contribution in [2.75, 3.05) is 0 Å². The number of carbonyl (C=O) groups excluding carboxylic acids is 2. The van der Waals surface area contributed by atoms with Crippen LogP contribution in [0.1, 0.15) is 37.7 Å². The van der Waals surface area contributed by atoms with Crippen LogP contribution in [0.25, 0.3) is 16.6 Å². The third kappa shape index (κ3) is 1.70. The Morgan fingerprint density at radius 3 is 2.48 bits per heavy atom. The summed E-state index contributed by atoms with van der Waals surface area (Å²) in [6.07, 6.45) is 0. The van der Waals surface area contributed by atoms with Gasteiger partial charge in [-0.1, -0.05) is 24.3 Å². The molecule has 0 aliphatic heterocycles. The summed E-state index contributed by atoms with van der Waals surface area (Å²) >= 11 is 5.24. The van der Waals surface area contributed by atoms with Gasteiger partial charge in [-0.3, -0.25) is 19.1 Å². The molecule has 0 saturated carbocycles. The molecule has 120 valence electrons. The quantitative estimate of drug-likeness (QED) is 0.436. The third-order valence-electron chi connectivity index (χ3n) is 4.58. The summed E-state index contributed by atoms with van der Waals surface area (Å²) in [7, 11) is 0. The van der Waals surface area contributed by atoms with E-state index in [2.05, 4.69) is 15.2 Å². The van der Waals surface area contributed by atoms with Crippen LogP contribution in [0, 0.1) is 11.7 Å². The largest absolute Gasteiger partial charge is 0.289 e. The Hall–Kier alpha value is -3.19. The highest BCUT2D eigenvalue weighted by molar-refractivity contribution is 7.71. The zero-order valence-corrected chi connectivity index (χ0v) is 13.8. The van der Waals surface area contributed by atoms with E-state index < -0.39 is 0 Å². The highest BCUT2D eigenvalue weighted by Gasteiger charge is 2.32. The highest BCUT2D eigenvalue weighted by Crippen LogP contribution is 2.32. The van der Waals surface area contributed by atoms with Gasteiger partial charge in [-0.2, -0.15) is 5.10 Å². The molecule has 0 atom stereocenters. The maximum atomic E-state index is 13.1. The number of hydrogen-bond acceptors (Lipinski definition) is 5. The fourth-order valence-electron chi connectivity index (χ4n) is 3.46. The number of rotatable bonds is 0. The van der Waals surface area contributed by atoms with Crippen LogP contribution in [-0.4, -0.2) is 31.1 Å². The average molecular weight is 346 g/mol. The van der Waals surface area contributed by atoms with Gasteiger partial charge in [0, 0.05) is 22.1 Å². The van der Waals surface area contributed by atoms with E-state index in [9.17, 15) is 9.59 Å². The lowest BCUT2D eigenvalue weighted by Crippen LogP contribution is -2.21. The Morgan fingerprint density at radius 1 is 1.00 bits per heavy atom. The minimum atomic E-state index is -0.193. The summed E-state index contributed by atoms with van der Waals surface area (Å²) in [5.74, 6) is 0.250. The first-order valence-corrected chi connectivity index (χ1v) is 8.07. The molecule has 2 aromatic heterocycles. The van der Waals surface area contributed by atoms with Gasteiger partial charge in [-0.15, -0.1) is 0 Å². The number of aryl methyl sites for hydroxylation is 1. The molecule has 2 heterocycles. The topological polar surface area (TPSA) is 80.1 Å². The van der Waals surface area contributed by atoms with E-state index in [4.69, 9.17) is 12.2 Å². The molecule has 1 aliphatic rings. The van der Waals surface area contributed by atoms with Crippen molar-refractivity contribution in [2.45, 2.75) is 6.92 Å². The molecule has 1 N–H and O–H groups in total. The van der Waals surface area contributed by atoms with Gasteiger partial charge in [0.1, 0.15) is 5.82 Å². The number of benzene rings is 2. The zero-order valence-electron chi connectivity index (χ0n) is 13.0. The van der Waals surface area contributed by atoms with Crippen LogP contribution in [0.5, 0.6) is 0 Å². The fraction of sp³-hybridized carbons (Fsp3) is 0.0556. The SMILES string of the molecule is Cc1nc2c3c(ccc2c2n[nH]c(=S)n12)C(=O)c1ccccc1C3=O. The van der Waals surface area contributed by atoms with Crippen molar-refractivity contribution in [3.05, 3.63) is 69.2 Å². The zero-order chi connectivity index (χ0) is 17.3. The lowest BCUT2D eigenvalue weighted by Gasteiger charge is -2.18. The first kappa shape index (κ1) is 14.2. The third-order valence-corrected chi connectivity index (χ3v) is 4.85.